The van der Waals surface area contributed by atoms with Crippen LogP contribution in [0.2, 0.25) is 5.04 Å². The second-order valence-electron chi connectivity index (χ2n) is 15.7. The lowest BCUT2D eigenvalue weighted by atomic mass is 9.35. The van der Waals surface area contributed by atoms with E-state index >= 15 is 0 Å². The van der Waals surface area contributed by atoms with Gasteiger partial charge in [-0.15, -0.1) is 0 Å². The number of para-hydroxylation sites is 5. The van der Waals surface area contributed by atoms with Gasteiger partial charge in [-0.25, -0.2) is 0 Å². The second kappa shape index (κ2) is 11.0. The molecule has 0 amide bonds. The predicted molar refractivity (Wildman–Crippen MR) is 228 cm³/mol. The van der Waals surface area contributed by atoms with Gasteiger partial charge in [0.1, 0.15) is 0 Å². The van der Waals surface area contributed by atoms with Crippen molar-refractivity contribution in [2.75, 3.05) is 9.80 Å². The van der Waals surface area contributed by atoms with Gasteiger partial charge in [0.25, 0.3) is 6.71 Å². The largest absolute Gasteiger partial charge is 0.319 e. The molecule has 5 heteroatoms. The van der Waals surface area contributed by atoms with Gasteiger partial charge in [-0.05, 0) is 80.1 Å². The van der Waals surface area contributed by atoms with E-state index in [1.807, 2.05) is 0 Å². The van der Waals surface area contributed by atoms with Crippen molar-refractivity contribution in [3.63, 3.8) is 0 Å². The quantitative estimate of drug-likeness (QED) is 0.173. The average molecular weight is 696 g/mol. The molecule has 0 radical (unpaired) electrons. The lowest BCUT2D eigenvalue weighted by Crippen LogP contribution is -2.77. The summed E-state index contributed by atoms with van der Waals surface area (Å²) in [5.74, 6) is 0. The van der Waals surface area contributed by atoms with E-state index in [2.05, 4.69) is 211 Å². The molecular weight excluding hydrogens is 657 g/mol. The Bertz CT molecular complexity index is 2730. The molecule has 0 bridgehead atoms. The molecule has 3 aliphatic rings. The third kappa shape index (κ3) is 3.90. The molecule has 1 atom stereocenters. The van der Waals surface area contributed by atoms with Crippen molar-refractivity contribution < 1.29 is 0 Å². The van der Waals surface area contributed by atoms with Gasteiger partial charge in [0.2, 0.25) is 0 Å². The van der Waals surface area contributed by atoms with E-state index in [1.165, 1.54) is 82.8 Å². The van der Waals surface area contributed by atoms with E-state index in [4.69, 9.17) is 0 Å². The van der Waals surface area contributed by atoms with Crippen LogP contribution in [0.15, 0.2) is 176 Å². The highest BCUT2D eigenvalue weighted by atomic mass is 28.3. The molecule has 0 saturated carbocycles. The van der Waals surface area contributed by atoms with Gasteiger partial charge in [0, 0.05) is 45.1 Å². The zero-order valence-corrected chi connectivity index (χ0v) is 31.2. The number of aromatic nitrogens is 1. The van der Waals surface area contributed by atoms with Gasteiger partial charge < -0.3 is 14.4 Å². The summed E-state index contributed by atoms with van der Waals surface area (Å²) in [4.78, 5) is 5.17. The number of benzene rings is 7. The molecule has 0 spiro atoms. The fraction of sp³-hybridized carbons (Fsp3) is 0.0833. The third-order valence-electron chi connectivity index (χ3n) is 12.1. The van der Waals surface area contributed by atoms with Crippen LogP contribution in [0.3, 0.4) is 0 Å². The Kier molecular flexibility index (Phi) is 6.34. The maximum atomic E-state index is 2.64. The van der Waals surface area contributed by atoms with Crippen LogP contribution in [0.4, 0.5) is 34.1 Å². The van der Waals surface area contributed by atoms with Crippen LogP contribution in [0.5, 0.6) is 0 Å². The summed E-state index contributed by atoms with van der Waals surface area (Å²) in [5, 5.41) is 5.68. The van der Waals surface area contributed by atoms with Crippen LogP contribution in [-0.2, 0) is 0 Å². The standard InChI is InChI=1S/C48H38BN3Si/c1-48(2,3)53(35-23-11-6-12-24-35)42-31-16-15-28-39(42)52-41-30-18-29-40-44(41)49(37-26-17-32-43(53)46(37)52)47-45(50(40)33-19-7-4-8-20-33)36-25-13-14-27-38(36)51(47)34-21-9-5-10-22-34/h4-32H,1-3H3. The highest BCUT2D eigenvalue weighted by Gasteiger charge is 2.57. The van der Waals surface area contributed by atoms with Crippen molar-refractivity contribution in [1.29, 1.82) is 0 Å². The highest BCUT2D eigenvalue weighted by molar-refractivity contribution is 7.16. The third-order valence-corrected chi connectivity index (χ3v) is 18.0. The van der Waals surface area contributed by atoms with Crippen LogP contribution in [0, 0.1) is 0 Å². The molecule has 0 N–H and O–H groups in total. The van der Waals surface area contributed by atoms with Gasteiger partial charge in [-0.2, -0.15) is 0 Å². The fourth-order valence-corrected chi connectivity index (χ4v) is 16.3. The Balaban J connectivity index is 1.33. The molecule has 1 aromatic heterocycles. The summed E-state index contributed by atoms with van der Waals surface area (Å²) in [6.45, 7) is 7.45. The molecule has 1 unspecified atom stereocenters. The molecule has 7 aromatic carbocycles. The summed E-state index contributed by atoms with van der Waals surface area (Å²) in [6.07, 6.45) is 0. The molecule has 8 aromatic rings. The molecular formula is C48H38BN3Si. The molecule has 53 heavy (non-hydrogen) atoms. The summed E-state index contributed by atoms with van der Waals surface area (Å²) in [5.41, 5.74) is 14.1. The maximum Gasteiger partial charge on any atom is 0.273 e. The van der Waals surface area contributed by atoms with Gasteiger partial charge in [0.15, 0.2) is 8.07 Å². The lowest BCUT2D eigenvalue weighted by Gasteiger charge is -2.54. The van der Waals surface area contributed by atoms with Crippen LogP contribution in [0.1, 0.15) is 20.8 Å². The Morgan fingerprint density at radius 1 is 0.472 bits per heavy atom. The molecule has 0 fully saturated rings. The summed E-state index contributed by atoms with van der Waals surface area (Å²) < 4.78 is 2.56. The average Bonchev–Trinajstić information content (AvgIpc) is 3.54. The van der Waals surface area contributed by atoms with Crippen LogP contribution < -0.4 is 41.9 Å². The lowest BCUT2D eigenvalue weighted by molar-refractivity contribution is 0.739. The van der Waals surface area contributed by atoms with Gasteiger partial charge in [-0.1, -0.05) is 148 Å². The SMILES string of the molecule is CC(C)(C)[Si]1(c2ccccc2)c2ccccc2N2c3cccc4c3B(c3cccc1c32)c1c(c2ccccc2n1-c1ccccc1)N4c1ccccc1. The van der Waals surface area contributed by atoms with Crippen molar-refractivity contribution in [3.05, 3.63) is 176 Å². The topological polar surface area (TPSA) is 11.4 Å². The minimum atomic E-state index is -2.64. The second-order valence-corrected chi connectivity index (χ2v) is 20.4. The maximum absolute atomic E-state index is 2.64. The number of nitrogens with zero attached hydrogens (tertiary/aromatic N) is 3. The van der Waals surface area contributed by atoms with E-state index in [-0.39, 0.29) is 11.8 Å². The first kappa shape index (κ1) is 30.6. The highest BCUT2D eigenvalue weighted by Crippen LogP contribution is 2.50. The molecule has 4 heterocycles. The van der Waals surface area contributed by atoms with Gasteiger partial charge in [-0.3, -0.25) is 0 Å². The molecule has 3 aliphatic heterocycles. The number of hydrogen-bond acceptors (Lipinski definition) is 2. The first-order valence-corrected chi connectivity index (χ1v) is 20.8. The van der Waals surface area contributed by atoms with Gasteiger partial charge in [0.05, 0.1) is 11.2 Å². The van der Waals surface area contributed by atoms with Crippen molar-refractivity contribution in [3.8, 4) is 5.69 Å². The van der Waals surface area contributed by atoms with E-state index < -0.39 is 8.07 Å². The smallest absolute Gasteiger partial charge is 0.273 e. The van der Waals surface area contributed by atoms with E-state index in [0.717, 1.165) is 0 Å². The Hall–Kier alpha value is -6.04. The first-order chi connectivity index (χ1) is 26.0. The number of fused-ring (bicyclic) bond motifs is 8. The monoisotopic (exact) mass is 695 g/mol. The van der Waals surface area contributed by atoms with Gasteiger partial charge >= 0.3 is 0 Å². The Morgan fingerprint density at radius 2 is 1.04 bits per heavy atom. The summed E-state index contributed by atoms with van der Waals surface area (Å²) in [7, 11) is -2.64. The predicted octanol–water partition coefficient (Wildman–Crippen LogP) is 8.30. The van der Waals surface area contributed by atoms with E-state index in [9.17, 15) is 0 Å². The Labute approximate surface area is 312 Å². The molecule has 0 aliphatic carbocycles. The first-order valence-electron chi connectivity index (χ1n) is 18.8. The molecule has 3 nitrogen and oxygen atoms in total. The van der Waals surface area contributed by atoms with Crippen molar-refractivity contribution in [2.24, 2.45) is 0 Å². The zero-order chi connectivity index (χ0) is 35.5. The molecule has 252 valence electrons. The summed E-state index contributed by atoms with van der Waals surface area (Å²) >= 11 is 0. The van der Waals surface area contributed by atoms with Crippen molar-refractivity contribution >= 4 is 91.9 Å². The number of anilines is 6. The summed E-state index contributed by atoms with van der Waals surface area (Å²) in [6, 6.07) is 66.0. The normalized spacial score (nSPS) is 16.5. The number of hydrogen-bond donors (Lipinski definition) is 0. The molecule has 0 saturated heterocycles. The van der Waals surface area contributed by atoms with Crippen LogP contribution in [0.25, 0.3) is 16.6 Å². The van der Waals surface area contributed by atoms with Crippen LogP contribution in [-0.4, -0.2) is 19.4 Å². The van der Waals surface area contributed by atoms with E-state index in [0.29, 0.717) is 0 Å². The minimum Gasteiger partial charge on any atom is -0.319 e. The van der Waals surface area contributed by atoms with Crippen molar-refractivity contribution in [2.45, 2.75) is 25.8 Å². The number of rotatable bonds is 3. The zero-order valence-electron chi connectivity index (χ0n) is 30.2. The molecule has 11 rings (SSSR count). The van der Waals surface area contributed by atoms with E-state index in [1.54, 1.807) is 0 Å². The Morgan fingerprint density at radius 3 is 1.77 bits per heavy atom. The van der Waals surface area contributed by atoms with Crippen molar-refractivity contribution in [1.82, 2.24) is 4.57 Å². The van der Waals surface area contributed by atoms with Crippen LogP contribution >= 0.6 is 0 Å². The minimum absolute atomic E-state index is 0.00247. The fourth-order valence-electron chi connectivity index (χ4n) is 10.3.